The van der Waals surface area contributed by atoms with Gasteiger partial charge in [0.1, 0.15) is 4.90 Å². The second-order valence-corrected chi connectivity index (χ2v) is 9.08. The highest BCUT2D eigenvalue weighted by molar-refractivity contribution is 7.89. The molecule has 1 aromatic heterocycles. The van der Waals surface area contributed by atoms with E-state index in [0.717, 1.165) is 13.0 Å². The third-order valence-corrected chi connectivity index (χ3v) is 7.09. The Hall–Kier alpha value is -1.94. The first-order chi connectivity index (χ1) is 13.4. The van der Waals surface area contributed by atoms with Crippen LogP contribution < -0.4 is 5.32 Å². The number of halogens is 1. The zero-order chi connectivity index (χ0) is 20.1. The third kappa shape index (κ3) is 4.91. The average Bonchev–Trinajstić information content (AvgIpc) is 3.19. The largest absolute Gasteiger partial charge is 0.352 e. The van der Waals surface area contributed by atoms with Crippen molar-refractivity contribution in [3.63, 3.8) is 0 Å². The first kappa shape index (κ1) is 20.8. The molecule has 1 amide bonds. The molecule has 28 heavy (non-hydrogen) atoms. The van der Waals surface area contributed by atoms with E-state index in [1.807, 2.05) is 17.8 Å². The quantitative estimate of drug-likeness (QED) is 0.675. The summed E-state index contributed by atoms with van der Waals surface area (Å²) in [6.45, 7) is 3.34. The lowest BCUT2D eigenvalue weighted by Gasteiger charge is -2.31. The average molecular weight is 426 g/mol. The number of sulfonamides is 1. The molecule has 2 aromatic rings. The van der Waals surface area contributed by atoms with Crippen LogP contribution in [0.1, 0.15) is 16.8 Å². The number of hydrogen-bond donors (Lipinski definition) is 1. The van der Waals surface area contributed by atoms with E-state index in [1.165, 1.54) is 22.5 Å². The van der Waals surface area contributed by atoms with Crippen LogP contribution in [0.4, 0.5) is 0 Å². The number of imidazole rings is 1. The molecule has 0 saturated carbocycles. The molecule has 152 valence electrons. The van der Waals surface area contributed by atoms with Crippen LogP contribution in [0.15, 0.2) is 41.8 Å². The van der Waals surface area contributed by atoms with E-state index in [9.17, 15) is 13.2 Å². The van der Waals surface area contributed by atoms with Crippen LogP contribution in [0.3, 0.4) is 0 Å². The minimum atomic E-state index is -3.74. The summed E-state index contributed by atoms with van der Waals surface area (Å²) in [5.41, 5.74) is 0.278. The Balaban J connectivity index is 1.65. The molecule has 1 aliphatic heterocycles. The van der Waals surface area contributed by atoms with Gasteiger partial charge < -0.3 is 14.8 Å². The van der Waals surface area contributed by atoms with Crippen molar-refractivity contribution in [3.8, 4) is 0 Å². The molecule has 10 heteroatoms. The van der Waals surface area contributed by atoms with E-state index in [0.29, 0.717) is 32.7 Å². The van der Waals surface area contributed by atoms with Crippen LogP contribution in [0.2, 0.25) is 5.02 Å². The van der Waals surface area contributed by atoms with Crippen molar-refractivity contribution in [1.82, 2.24) is 24.1 Å². The van der Waals surface area contributed by atoms with Gasteiger partial charge in [-0.1, -0.05) is 11.6 Å². The number of amides is 1. The fraction of sp³-hybridized carbons (Fsp3) is 0.444. The molecule has 1 saturated heterocycles. The standard InChI is InChI=1S/C18H24ClN5O3S/c1-22-9-11-24(12-10-22)28(26,27)17-13-15(3-4-16(17)19)18(25)21-5-2-7-23-8-6-20-14-23/h3-4,6,8,13-14H,2,5,7,9-12H2,1H3,(H,21,25). The van der Waals surface area contributed by atoms with Gasteiger partial charge in [0.25, 0.3) is 5.91 Å². The molecule has 0 unspecified atom stereocenters. The Labute approximate surface area is 170 Å². The van der Waals surface area contributed by atoms with Gasteiger partial charge in [-0.15, -0.1) is 0 Å². The van der Waals surface area contributed by atoms with Crippen molar-refractivity contribution in [3.05, 3.63) is 47.5 Å². The summed E-state index contributed by atoms with van der Waals surface area (Å²) < 4.78 is 29.3. The zero-order valence-electron chi connectivity index (χ0n) is 15.7. The number of aromatic nitrogens is 2. The Bertz CT molecular complexity index is 909. The molecule has 0 spiro atoms. The SMILES string of the molecule is CN1CCN(S(=O)(=O)c2cc(C(=O)NCCCn3ccnc3)ccc2Cl)CC1. The number of benzene rings is 1. The van der Waals surface area contributed by atoms with Gasteiger partial charge in [-0.2, -0.15) is 4.31 Å². The number of carbonyl (C=O) groups is 1. The van der Waals surface area contributed by atoms with E-state index in [2.05, 4.69) is 15.2 Å². The number of likely N-dealkylation sites (N-methyl/N-ethyl adjacent to an activating group) is 1. The fourth-order valence-corrected chi connectivity index (χ4v) is 4.92. The molecular weight excluding hydrogens is 402 g/mol. The predicted molar refractivity (Wildman–Crippen MR) is 107 cm³/mol. The number of hydrogen-bond acceptors (Lipinski definition) is 5. The number of nitrogens with zero attached hydrogens (tertiary/aromatic N) is 4. The lowest BCUT2D eigenvalue weighted by Crippen LogP contribution is -2.47. The number of aryl methyl sites for hydroxylation is 1. The Morgan fingerprint density at radius 2 is 2.00 bits per heavy atom. The summed E-state index contributed by atoms with van der Waals surface area (Å²) in [5.74, 6) is -0.322. The Morgan fingerprint density at radius 1 is 1.25 bits per heavy atom. The van der Waals surface area contributed by atoms with E-state index in [4.69, 9.17) is 11.6 Å². The first-order valence-electron chi connectivity index (χ1n) is 9.10. The second kappa shape index (κ2) is 9.04. The molecule has 1 aromatic carbocycles. The van der Waals surface area contributed by atoms with Gasteiger partial charge >= 0.3 is 0 Å². The summed E-state index contributed by atoms with van der Waals surface area (Å²) in [4.78, 5) is 18.4. The Kier molecular flexibility index (Phi) is 6.71. The topological polar surface area (TPSA) is 87.5 Å². The second-order valence-electron chi connectivity index (χ2n) is 6.76. The van der Waals surface area contributed by atoms with Crippen LogP contribution in [0.5, 0.6) is 0 Å². The highest BCUT2D eigenvalue weighted by Crippen LogP contribution is 2.26. The molecule has 0 radical (unpaired) electrons. The third-order valence-electron chi connectivity index (χ3n) is 4.71. The van der Waals surface area contributed by atoms with Gasteiger partial charge in [0, 0.05) is 57.2 Å². The van der Waals surface area contributed by atoms with Crippen LogP contribution in [0, 0.1) is 0 Å². The number of piperazine rings is 1. The van der Waals surface area contributed by atoms with Crippen molar-refractivity contribution in [2.75, 3.05) is 39.8 Å². The molecule has 0 aliphatic carbocycles. The Morgan fingerprint density at radius 3 is 2.68 bits per heavy atom. The van der Waals surface area contributed by atoms with Crippen LogP contribution >= 0.6 is 11.6 Å². The number of nitrogens with one attached hydrogen (secondary N) is 1. The molecule has 1 N–H and O–H groups in total. The number of carbonyl (C=O) groups excluding carboxylic acids is 1. The van der Waals surface area contributed by atoms with Gasteiger partial charge in [-0.05, 0) is 31.7 Å². The van der Waals surface area contributed by atoms with Gasteiger partial charge in [0.15, 0.2) is 0 Å². The monoisotopic (exact) mass is 425 g/mol. The molecular formula is C18H24ClN5O3S. The first-order valence-corrected chi connectivity index (χ1v) is 10.9. The molecule has 1 fully saturated rings. The molecule has 3 rings (SSSR count). The van der Waals surface area contributed by atoms with E-state index in [-0.39, 0.29) is 21.4 Å². The maximum atomic E-state index is 13.0. The van der Waals surface area contributed by atoms with Crippen LogP contribution in [-0.4, -0.2) is 72.9 Å². The van der Waals surface area contributed by atoms with Crippen molar-refractivity contribution in [2.24, 2.45) is 0 Å². The fourth-order valence-electron chi connectivity index (χ4n) is 2.99. The highest BCUT2D eigenvalue weighted by Gasteiger charge is 2.29. The highest BCUT2D eigenvalue weighted by atomic mass is 35.5. The summed E-state index contributed by atoms with van der Waals surface area (Å²) in [5, 5.41) is 2.93. The van der Waals surface area contributed by atoms with E-state index < -0.39 is 10.0 Å². The van der Waals surface area contributed by atoms with Crippen molar-refractivity contribution in [1.29, 1.82) is 0 Å². The zero-order valence-corrected chi connectivity index (χ0v) is 17.3. The van der Waals surface area contributed by atoms with Gasteiger partial charge in [-0.3, -0.25) is 4.79 Å². The van der Waals surface area contributed by atoms with Crippen molar-refractivity contribution < 1.29 is 13.2 Å². The molecule has 2 heterocycles. The lowest BCUT2D eigenvalue weighted by atomic mass is 10.2. The molecule has 0 bridgehead atoms. The lowest BCUT2D eigenvalue weighted by molar-refractivity contribution is 0.0952. The smallest absolute Gasteiger partial charge is 0.251 e. The summed E-state index contributed by atoms with van der Waals surface area (Å²) >= 11 is 6.16. The summed E-state index contributed by atoms with van der Waals surface area (Å²) in [7, 11) is -1.79. The van der Waals surface area contributed by atoms with Gasteiger partial charge in [0.05, 0.1) is 11.3 Å². The van der Waals surface area contributed by atoms with Crippen LogP contribution in [-0.2, 0) is 16.6 Å². The van der Waals surface area contributed by atoms with Crippen molar-refractivity contribution in [2.45, 2.75) is 17.9 Å². The molecule has 8 nitrogen and oxygen atoms in total. The maximum absolute atomic E-state index is 13.0. The summed E-state index contributed by atoms with van der Waals surface area (Å²) in [6, 6.07) is 4.36. The van der Waals surface area contributed by atoms with Crippen molar-refractivity contribution >= 4 is 27.5 Å². The van der Waals surface area contributed by atoms with Crippen LogP contribution in [0.25, 0.3) is 0 Å². The summed E-state index contributed by atoms with van der Waals surface area (Å²) in [6.07, 6.45) is 6.02. The van der Waals surface area contributed by atoms with E-state index >= 15 is 0 Å². The number of rotatable bonds is 7. The minimum absolute atomic E-state index is 0.0233. The molecule has 0 atom stereocenters. The minimum Gasteiger partial charge on any atom is -0.352 e. The maximum Gasteiger partial charge on any atom is 0.251 e. The molecule has 1 aliphatic rings. The van der Waals surface area contributed by atoms with Gasteiger partial charge in [-0.25, -0.2) is 13.4 Å². The normalized spacial score (nSPS) is 16.2. The predicted octanol–water partition coefficient (Wildman–Crippen LogP) is 1.29. The van der Waals surface area contributed by atoms with Gasteiger partial charge in [0.2, 0.25) is 10.0 Å². The van der Waals surface area contributed by atoms with E-state index in [1.54, 1.807) is 12.5 Å².